The molecule has 2 aromatic carbocycles. The predicted molar refractivity (Wildman–Crippen MR) is 129 cm³/mol. The molecule has 2 aromatic rings. The third-order valence-electron chi connectivity index (χ3n) is 5.65. The zero-order valence-electron chi connectivity index (χ0n) is 18.7. The number of thioether (sulfide) groups is 1. The summed E-state index contributed by atoms with van der Waals surface area (Å²) in [7, 11) is 0. The summed E-state index contributed by atoms with van der Waals surface area (Å²) in [6.07, 6.45) is 0.847. The average Bonchev–Trinajstić information content (AvgIpc) is 3.18. The zero-order valence-corrected chi connectivity index (χ0v) is 19.5. The Kier molecular flexibility index (Phi) is 7.17. The number of aryl methyl sites for hydroxylation is 1. The van der Waals surface area contributed by atoms with Gasteiger partial charge in [0.25, 0.3) is 0 Å². The van der Waals surface area contributed by atoms with Gasteiger partial charge >= 0.3 is 6.09 Å². The van der Waals surface area contributed by atoms with Crippen molar-refractivity contribution in [2.75, 3.05) is 42.6 Å². The van der Waals surface area contributed by atoms with Crippen molar-refractivity contribution in [3.63, 3.8) is 0 Å². The molecule has 7 nitrogen and oxygen atoms in total. The summed E-state index contributed by atoms with van der Waals surface area (Å²) in [4.78, 5) is 24.7. The number of hydrazone groups is 1. The molecule has 9 heteroatoms. The Labute approximate surface area is 197 Å². The molecule has 2 aliphatic heterocycles. The second-order valence-corrected chi connectivity index (χ2v) is 9.32. The fourth-order valence-corrected chi connectivity index (χ4v) is 4.69. The maximum Gasteiger partial charge on any atom is 0.414 e. The Morgan fingerprint density at radius 3 is 2.76 bits per heavy atom. The smallest absolute Gasteiger partial charge is 0.414 e. The number of hydrogen-bond donors (Lipinski definition) is 1. The van der Waals surface area contributed by atoms with Crippen molar-refractivity contribution < 1.29 is 18.7 Å². The van der Waals surface area contributed by atoms with Crippen LogP contribution in [-0.2, 0) is 9.53 Å². The number of nitrogens with zero attached hydrogens (tertiary/aromatic N) is 3. The molecule has 2 saturated heterocycles. The fraction of sp³-hybridized carbons (Fsp3) is 0.375. The van der Waals surface area contributed by atoms with Crippen LogP contribution >= 0.6 is 11.8 Å². The van der Waals surface area contributed by atoms with Gasteiger partial charge in [0.2, 0.25) is 5.91 Å². The summed E-state index contributed by atoms with van der Waals surface area (Å²) in [6, 6.07) is 10.5. The van der Waals surface area contributed by atoms with Crippen LogP contribution in [-0.4, -0.2) is 67.0 Å². The van der Waals surface area contributed by atoms with E-state index in [1.807, 2.05) is 43.1 Å². The summed E-state index contributed by atoms with van der Waals surface area (Å²) < 4.78 is 20.3. The van der Waals surface area contributed by atoms with Gasteiger partial charge in [-0.2, -0.15) is 16.9 Å². The van der Waals surface area contributed by atoms with Crippen molar-refractivity contribution in [1.82, 2.24) is 10.3 Å². The molecule has 1 atom stereocenters. The van der Waals surface area contributed by atoms with Crippen LogP contribution in [0.25, 0.3) is 11.1 Å². The molecule has 33 heavy (non-hydrogen) atoms. The summed E-state index contributed by atoms with van der Waals surface area (Å²) in [5, 5.41) is 9.28. The lowest BCUT2D eigenvalue weighted by Crippen LogP contribution is -2.33. The first-order chi connectivity index (χ1) is 15.9. The molecule has 0 saturated carbocycles. The third-order valence-corrected chi connectivity index (χ3v) is 6.59. The summed E-state index contributed by atoms with van der Waals surface area (Å²) >= 11 is 1.94. The van der Waals surface area contributed by atoms with Crippen LogP contribution in [0.4, 0.5) is 14.9 Å². The van der Waals surface area contributed by atoms with E-state index < -0.39 is 18.0 Å². The Hall–Kier alpha value is -3.07. The van der Waals surface area contributed by atoms with Crippen LogP contribution in [0.15, 0.2) is 41.5 Å². The third kappa shape index (κ3) is 5.65. The Morgan fingerprint density at radius 1 is 1.27 bits per heavy atom. The molecule has 0 aliphatic carbocycles. The van der Waals surface area contributed by atoms with Gasteiger partial charge in [0.1, 0.15) is 11.9 Å². The zero-order chi connectivity index (χ0) is 23.4. The number of anilines is 1. The lowest BCUT2D eigenvalue weighted by Gasteiger charge is -2.23. The number of amides is 2. The molecule has 4 rings (SSSR count). The van der Waals surface area contributed by atoms with Gasteiger partial charge in [0.05, 0.1) is 25.0 Å². The molecular weight excluding hydrogens is 443 g/mol. The normalized spacial score (nSPS) is 18.6. The molecule has 174 valence electrons. The van der Waals surface area contributed by atoms with Gasteiger partial charge < -0.3 is 10.1 Å². The first kappa shape index (κ1) is 23.1. The topological polar surface area (TPSA) is 74.2 Å². The number of carbonyl (C=O) groups is 2. The molecule has 1 N–H and O–H groups in total. The monoisotopic (exact) mass is 470 g/mol. The Bertz CT molecular complexity index is 1070. The summed E-state index contributed by atoms with van der Waals surface area (Å²) in [5.74, 6) is 1.57. The molecule has 0 radical (unpaired) electrons. The number of nitrogens with one attached hydrogen (secondary N) is 1. The molecule has 2 heterocycles. The van der Waals surface area contributed by atoms with E-state index in [-0.39, 0.29) is 19.0 Å². The summed E-state index contributed by atoms with van der Waals surface area (Å²) in [6.45, 7) is 5.77. The predicted octanol–water partition coefficient (Wildman–Crippen LogP) is 3.65. The van der Waals surface area contributed by atoms with Gasteiger partial charge in [-0.05, 0) is 41.8 Å². The molecule has 2 aliphatic rings. The van der Waals surface area contributed by atoms with Crippen LogP contribution in [0.5, 0.6) is 0 Å². The van der Waals surface area contributed by atoms with Gasteiger partial charge in [0, 0.05) is 37.1 Å². The standard InChI is InChI=1S/C24H27FN4O3S/c1-16-11-18(3-4-19(16)13-27-28-7-9-33-10-8-28)22-6-5-20(12-23(22)25)29-15-21(32-24(29)31)14-26-17(2)30/h3-6,11-13,21H,7-10,14-15H2,1-2H3,(H,26,30)/t21-/m0/s1. The summed E-state index contributed by atoms with van der Waals surface area (Å²) in [5.41, 5.74) is 3.65. The average molecular weight is 471 g/mol. The van der Waals surface area contributed by atoms with Crippen molar-refractivity contribution in [1.29, 1.82) is 0 Å². The molecule has 0 unspecified atom stereocenters. The maximum atomic E-state index is 15.0. The van der Waals surface area contributed by atoms with Crippen molar-refractivity contribution in [3.05, 3.63) is 53.3 Å². The number of halogens is 1. The fourth-order valence-electron chi connectivity index (χ4n) is 3.80. The second kappa shape index (κ2) is 10.2. The second-order valence-electron chi connectivity index (χ2n) is 8.10. The van der Waals surface area contributed by atoms with E-state index in [4.69, 9.17) is 4.74 Å². The first-order valence-corrected chi connectivity index (χ1v) is 12.1. The molecule has 2 fully saturated rings. The maximum absolute atomic E-state index is 15.0. The van der Waals surface area contributed by atoms with Crippen LogP contribution in [0.1, 0.15) is 18.1 Å². The largest absolute Gasteiger partial charge is 0.442 e. The number of benzene rings is 2. The lowest BCUT2D eigenvalue weighted by molar-refractivity contribution is -0.119. The van der Waals surface area contributed by atoms with Gasteiger partial charge in [-0.15, -0.1) is 0 Å². The highest BCUT2D eigenvalue weighted by Gasteiger charge is 2.32. The van der Waals surface area contributed by atoms with E-state index in [0.717, 1.165) is 41.3 Å². The van der Waals surface area contributed by atoms with Crippen molar-refractivity contribution in [2.24, 2.45) is 5.10 Å². The molecular formula is C24H27FN4O3S. The highest BCUT2D eigenvalue weighted by atomic mass is 32.2. The molecule has 0 bridgehead atoms. The van der Waals surface area contributed by atoms with Crippen molar-refractivity contribution >= 4 is 35.7 Å². The Morgan fingerprint density at radius 2 is 2.06 bits per heavy atom. The number of ether oxygens (including phenoxy) is 1. The molecule has 0 aromatic heterocycles. The van der Waals surface area contributed by atoms with E-state index >= 15 is 4.39 Å². The number of cyclic esters (lactones) is 1. The van der Waals surface area contributed by atoms with Gasteiger partial charge in [0.15, 0.2) is 0 Å². The van der Waals surface area contributed by atoms with Crippen molar-refractivity contribution in [3.8, 4) is 11.1 Å². The molecule has 2 amide bonds. The van der Waals surface area contributed by atoms with Crippen molar-refractivity contribution in [2.45, 2.75) is 20.0 Å². The van der Waals surface area contributed by atoms with Crippen LogP contribution < -0.4 is 10.2 Å². The number of hydrogen-bond acceptors (Lipinski definition) is 6. The van der Waals surface area contributed by atoms with Crippen LogP contribution in [0.2, 0.25) is 0 Å². The minimum atomic E-state index is -0.552. The highest BCUT2D eigenvalue weighted by molar-refractivity contribution is 7.99. The number of rotatable bonds is 6. The van der Waals surface area contributed by atoms with Gasteiger partial charge in [-0.3, -0.25) is 14.7 Å². The quantitative estimate of drug-likeness (QED) is 0.653. The van der Waals surface area contributed by atoms with Crippen LogP contribution in [0.3, 0.4) is 0 Å². The lowest BCUT2D eigenvalue weighted by atomic mass is 9.99. The minimum absolute atomic E-state index is 0.196. The van der Waals surface area contributed by atoms with E-state index in [1.165, 1.54) is 17.9 Å². The van der Waals surface area contributed by atoms with Crippen LogP contribution in [0, 0.1) is 12.7 Å². The minimum Gasteiger partial charge on any atom is -0.442 e. The van der Waals surface area contributed by atoms with Gasteiger partial charge in [-0.25, -0.2) is 9.18 Å². The highest BCUT2D eigenvalue weighted by Crippen LogP contribution is 2.30. The van der Waals surface area contributed by atoms with E-state index in [1.54, 1.807) is 12.1 Å². The molecule has 0 spiro atoms. The number of carbonyl (C=O) groups excluding carboxylic acids is 2. The van der Waals surface area contributed by atoms with E-state index in [0.29, 0.717) is 11.3 Å². The van der Waals surface area contributed by atoms with Gasteiger partial charge in [-0.1, -0.05) is 18.2 Å². The Balaban J connectivity index is 1.46. The van der Waals surface area contributed by atoms with E-state index in [9.17, 15) is 9.59 Å². The van der Waals surface area contributed by atoms with E-state index in [2.05, 4.69) is 15.4 Å². The first-order valence-electron chi connectivity index (χ1n) is 10.9. The SMILES string of the molecule is CC(=O)NC[C@H]1CN(c2ccc(-c3ccc(C=NN4CCSCC4)c(C)c3)c(F)c2)C(=O)O1.